The smallest absolute Gasteiger partial charge is 0.462 e. The topological polar surface area (TPSA) is 210 Å². The lowest BCUT2D eigenvalue weighted by Crippen LogP contribution is -2.64. The minimum Gasteiger partial charge on any atom is -0.462 e. The van der Waals surface area contributed by atoms with Gasteiger partial charge in [0.25, 0.3) is 0 Å². The number of carbonyl (C=O) groups is 2. The van der Waals surface area contributed by atoms with Crippen molar-refractivity contribution in [3.8, 4) is 0 Å². The van der Waals surface area contributed by atoms with Crippen LogP contribution in [0.15, 0.2) is 24.3 Å². The maximum atomic E-state index is 12.7. The van der Waals surface area contributed by atoms with Gasteiger partial charge in [-0.2, -0.15) is 0 Å². The summed E-state index contributed by atoms with van der Waals surface area (Å²) in [7, 11) is -5.11. The second-order valence-electron chi connectivity index (χ2n) is 14.1. The van der Waals surface area contributed by atoms with Crippen molar-refractivity contribution in [2.24, 2.45) is 0 Å². The van der Waals surface area contributed by atoms with Gasteiger partial charge in [0.1, 0.15) is 43.2 Å². The van der Waals surface area contributed by atoms with Gasteiger partial charge in [-0.05, 0) is 64.2 Å². The molecule has 1 rings (SSSR count). The van der Waals surface area contributed by atoms with Crippen LogP contribution in [0, 0.1) is 0 Å². The van der Waals surface area contributed by atoms with Crippen molar-refractivity contribution in [3.63, 3.8) is 0 Å². The second-order valence-corrected chi connectivity index (χ2v) is 15.5. The number of aliphatic hydroxyl groups excluding tert-OH is 5. The predicted octanol–water partition coefficient (Wildman–Crippen LogP) is 6.50. The molecule has 0 saturated heterocycles. The van der Waals surface area contributed by atoms with Crippen LogP contribution in [0.5, 0.6) is 0 Å². The van der Waals surface area contributed by atoms with Gasteiger partial charge in [-0.1, -0.05) is 102 Å². The molecule has 0 radical (unpaired) electrons. The molecule has 8 atom stereocenters. The number of hydrogen-bond acceptors (Lipinski definition) is 12. The van der Waals surface area contributed by atoms with Crippen molar-refractivity contribution in [2.75, 3.05) is 13.2 Å². The van der Waals surface area contributed by atoms with Crippen LogP contribution < -0.4 is 0 Å². The monoisotopic (exact) mass is 778 g/mol. The molecule has 1 saturated carbocycles. The van der Waals surface area contributed by atoms with E-state index in [0.29, 0.717) is 12.8 Å². The lowest BCUT2D eigenvalue weighted by Gasteiger charge is -2.41. The predicted molar refractivity (Wildman–Crippen MR) is 203 cm³/mol. The summed E-state index contributed by atoms with van der Waals surface area (Å²) >= 11 is 0. The van der Waals surface area contributed by atoms with Crippen molar-refractivity contribution < 1.29 is 63.1 Å². The van der Waals surface area contributed by atoms with Crippen LogP contribution in [0.4, 0.5) is 0 Å². The summed E-state index contributed by atoms with van der Waals surface area (Å²) in [5.74, 6) is -1.12. The molecule has 1 aliphatic carbocycles. The Labute approximate surface area is 317 Å². The van der Waals surface area contributed by atoms with Crippen molar-refractivity contribution in [1.82, 2.24) is 0 Å². The number of allylic oxidation sites excluding steroid dienone is 4. The number of hydrogen-bond donors (Lipinski definition) is 6. The molecular formula is C39H71O13P. The molecule has 0 aromatic rings. The fourth-order valence-corrected chi connectivity index (χ4v) is 6.89. The Kier molecular flexibility index (Phi) is 28.4. The molecule has 310 valence electrons. The highest BCUT2D eigenvalue weighted by Crippen LogP contribution is 2.47. The molecule has 0 amide bonds. The Morgan fingerprint density at radius 1 is 0.566 bits per heavy atom. The maximum Gasteiger partial charge on any atom is 0.472 e. The Morgan fingerprint density at radius 2 is 0.962 bits per heavy atom. The van der Waals surface area contributed by atoms with Gasteiger partial charge in [-0.15, -0.1) is 0 Å². The third-order valence-electron chi connectivity index (χ3n) is 9.27. The van der Waals surface area contributed by atoms with E-state index < -0.39 is 75.7 Å². The van der Waals surface area contributed by atoms with Gasteiger partial charge in [0, 0.05) is 12.8 Å². The first-order valence-electron chi connectivity index (χ1n) is 20.1. The third kappa shape index (κ3) is 23.8. The summed E-state index contributed by atoms with van der Waals surface area (Å²) in [5, 5.41) is 49.9. The van der Waals surface area contributed by atoms with Crippen LogP contribution in [-0.2, 0) is 32.7 Å². The average molecular weight is 779 g/mol. The molecule has 13 nitrogen and oxygen atoms in total. The number of phosphoric acid groups is 1. The Hall–Kier alpha value is -1.67. The molecule has 0 bridgehead atoms. The van der Waals surface area contributed by atoms with E-state index >= 15 is 0 Å². The van der Waals surface area contributed by atoms with Crippen LogP contribution >= 0.6 is 7.82 Å². The molecular weight excluding hydrogens is 707 g/mol. The highest BCUT2D eigenvalue weighted by molar-refractivity contribution is 7.47. The van der Waals surface area contributed by atoms with Gasteiger partial charge in [0.2, 0.25) is 0 Å². The van der Waals surface area contributed by atoms with E-state index in [9.17, 15) is 44.6 Å². The fraction of sp³-hybridized carbons (Fsp3) is 0.846. The number of aliphatic hydroxyl groups is 5. The summed E-state index contributed by atoms with van der Waals surface area (Å²) in [6.45, 7) is 3.20. The molecule has 6 N–H and O–H groups in total. The molecule has 0 heterocycles. The largest absolute Gasteiger partial charge is 0.472 e. The normalized spacial score (nSPS) is 23.7. The fourth-order valence-electron chi connectivity index (χ4n) is 5.92. The number of phosphoric ester groups is 1. The van der Waals surface area contributed by atoms with Gasteiger partial charge in [-0.25, -0.2) is 4.57 Å². The quantitative estimate of drug-likeness (QED) is 0.0187. The molecule has 1 aliphatic rings. The molecule has 0 aromatic carbocycles. The Balaban J connectivity index is 2.55. The zero-order valence-electron chi connectivity index (χ0n) is 32.3. The number of unbranched alkanes of at least 4 members (excludes halogenated alkanes) is 16. The number of rotatable bonds is 32. The van der Waals surface area contributed by atoms with Crippen molar-refractivity contribution in [3.05, 3.63) is 24.3 Å². The van der Waals surface area contributed by atoms with Crippen molar-refractivity contribution in [1.29, 1.82) is 0 Å². The van der Waals surface area contributed by atoms with E-state index in [1.807, 2.05) is 0 Å². The van der Waals surface area contributed by atoms with Gasteiger partial charge in [-0.3, -0.25) is 18.6 Å². The van der Waals surface area contributed by atoms with E-state index in [2.05, 4.69) is 38.2 Å². The molecule has 14 heteroatoms. The first kappa shape index (κ1) is 49.3. The third-order valence-corrected chi connectivity index (χ3v) is 10.3. The molecule has 6 unspecified atom stereocenters. The lowest BCUT2D eigenvalue weighted by molar-refractivity contribution is -0.220. The minimum atomic E-state index is -5.11. The molecule has 53 heavy (non-hydrogen) atoms. The van der Waals surface area contributed by atoms with Gasteiger partial charge >= 0.3 is 19.8 Å². The van der Waals surface area contributed by atoms with Gasteiger partial charge in [0.05, 0.1) is 6.61 Å². The lowest BCUT2D eigenvalue weighted by atomic mass is 9.85. The number of ether oxygens (including phenoxy) is 2. The van der Waals surface area contributed by atoms with Crippen LogP contribution in [0.3, 0.4) is 0 Å². The van der Waals surface area contributed by atoms with Gasteiger partial charge < -0.3 is 39.9 Å². The minimum absolute atomic E-state index is 0.0856. The molecule has 0 aromatic heterocycles. The van der Waals surface area contributed by atoms with E-state index in [4.69, 9.17) is 18.5 Å². The Morgan fingerprint density at radius 3 is 1.43 bits per heavy atom. The van der Waals surface area contributed by atoms with Crippen molar-refractivity contribution >= 4 is 19.8 Å². The van der Waals surface area contributed by atoms with E-state index in [0.717, 1.165) is 77.0 Å². The maximum absolute atomic E-state index is 12.7. The first-order chi connectivity index (χ1) is 25.4. The summed E-state index contributed by atoms with van der Waals surface area (Å²) in [6.07, 6.45) is 16.8. The average Bonchev–Trinajstić information content (AvgIpc) is 3.13. The van der Waals surface area contributed by atoms with Crippen LogP contribution in [0.1, 0.15) is 155 Å². The van der Waals surface area contributed by atoms with Crippen LogP contribution in [0.2, 0.25) is 0 Å². The second kappa shape index (κ2) is 30.5. The van der Waals surface area contributed by atoms with E-state index in [-0.39, 0.29) is 12.8 Å². The standard InChI is InChI=1S/C39H71O13P/c1-3-5-7-9-11-13-15-17-19-21-23-25-27-32(40)49-29-31(51-33(41)28-26-24-22-20-18-16-14-12-10-8-6-4-2)30-50-53(47,48)52-39-37(45)35(43)34(42)36(44)38(39)46/h11-14,31,34-39,42-46H,3-10,15-30H2,1-2H3,(H,47,48)/b13-11+,14-12+/t31-,34?,35-,36?,37?,38?,39?/m1/s1. The van der Waals surface area contributed by atoms with E-state index in [1.165, 1.54) is 38.5 Å². The zero-order chi connectivity index (χ0) is 39.3. The summed E-state index contributed by atoms with van der Waals surface area (Å²) in [5.41, 5.74) is 0. The highest BCUT2D eigenvalue weighted by atomic mass is 31.2. The van der Waals surface area contributed by atoms with E-state index in [1.54, 1.807) is 0 Å². The van der Waals surface area contributed by atoms with Crippen LogP contribution in [0.25, 0.3) is 0 Å². The number of carbonyl (C=O) groups excluding carboxylic acids is 2. The van der Waals surface area contributed by atoms with Crippen LogP contribution in [-0.4, -0.2) is 98.3 Å². The molecule has 0 aliphatic heterocycles. The van der Waals surface area contributed by atoms with Crippen molar-refractivity contribution in [2.45, 2.75) is 198 Å². The summed E-state index contributed by atoms with van der Waals surface area (Å²) in [4.78, 5) is 35.4. The highest BCUT2D eigenvalue weighted by Gasteiger charge is 2.51. The molecule has 0 spiro atoms. The Bertz CT molecular complexity index is 1040. The first-order valence-corrected chi connectivity index (χ1v) is 21.6. The zero-order valence-corrected chi connectivity index (χ0v) is 33.2. The SMILES string of the molecule is CCCCC/C=C/CCCCCCCC(=O)OC[C@H](COP(=O)(O)OC1C(O)C(O)C(O)[C@@H](O)C1O)OC(=O)CCCCCCC/C=C/CCCCC. The number of esters is 2. The summed E-state index contributed by atoms with van der Waals surface area (Å²) in [6, 6.07) is 0. The summed E-state index contributed by atoms with van der Waals surface area (Å²) < 4.78 is 33.3. The van der Waals surface area contributed by atoms with Gasteiger partial charge in [0.15, 0.2) is 6.10 Å². The molecule has 1 fully saturated rings.